The molecule has 0 spiro atoms. The second-order valence-electron chi connectivity index (χ2n) is 12.5. The molecule has 11 nitrogen and oxygen atoms in total. The van der Waals surface area contributed by atoms with Crippen molar-refractivity contribution in [2.24, 2.45) is 10.9 Å². The van der Waals surface area contributed by atoms with Crippen LogP contribution in [0.4, 0.5) is 35.1 Å². The van der Waals surface area contributed by atoms with Crippen molar-refractivity contribution in [3.8, 4) is 44.0 Å². The number of thiazole rings is 2. The van der Waals surface area contributed by atoms with Gasteiger partial charge < -0.3 is 20.4 Å². The molecule has 0 aliphatic rings. The van der Waals surface area contributed by atoms with E-state index in [-0.39, 0.29) is 47.5 Å². The number of benzene rings is 4. The van der Waals surface area contributed by atoms with E-state index in [2.05, 4.69) is 29.8 Å². The number of aryl methyl sites for hydroxylation is 2. The average molecular weight is 877 g/mol. The molecule has 21 heteroatoms. The Kier molecular flexibility index (Phi) is 12.7. The fourth-order valence-corrected chi connectivity index (χ4v) is 7.21. The monoisotopic (exact) mass is 876 g/mol. The highest BCUT2D eigenvalue weighted by molar-refractivity contribution is 7.15. The Hall–Kier alpha value is -6.61. The molecule has 0 fully saturated rings. The summed E-state index contributed by atoms with van der Waals surface area (Å²) in [5, 5.41) is 15.9. The van der Waals surface area contributed by atoms with E-state index < -0.39 is 40.9 Å². The number of amidine groups is 1. The molecule has 0 unspecified atom stereocenters. The molecule has 0 saturated heterocycles. The summed E-state index contributed by atoms with van der Waals surface area (Å²) >= 11 is 2.56. The van der Waals surface area contributed by atoms with E-state index in [1.54, 1.807) is 13.8 Å². The SMILES string of the molecule is Cc1nc(-c2ccc(C(F)(F)F)cc2)sc1COc1ccc(-c2noc(=O)[nH]2)c(F)c1.Cc1nc(-c2ccc(C(F)(F)F)cc2)sc1COc1ccc(C(N)=NO)c(F)c1. The number of nitrogens with one attached hydrogen (secondary N) is 1. The topological polar surface area (TPSA) is 162 Å². The molecule has 0 aliphatic carbocycles. The van der Waals surface area contributed by atoms with Gasteiger partial charge in [-0.1, -0.05) is 34.6 Å². The maximum Gasteiger partial charge on any atom is 0.439 e. The number of nitrogens with zero attached hydrogens (tertiary/aromatic N) is 4. The van der Waals surface area contributed by atoms with Gasteiger partial charge in [0.15, 0.2) is 11.7 Å². The smallest absolute Gasteiger partial charge is 0.439 e. The van der Waals surface area contributed by atoms with Crippen LogP contribution in [-0.2, 0) is 25.6 Å². The number of nitrogens with two attached hydrogens (primary N) is 1. The molecular weight excluding hydrogens is 849 g/mol. The minimum Gasteiger partial charge on any atom is -0.488 e. The number of aromatic nitrogens is 4. The predicted molar refractivity (Wildman–Crippen MR) is 205 cm³/mol. The van der Waals surface area contributed by atoms with Gasteiger partial charge in [-0.05, 0) is 62.4 Å². The van der Waals surface area contributed by atoms with Gasteiger partial charge in [-0.15, -0.1) is 22.7 Å². The van der Waals surface area contributed by atoms with E-state index >= 15 is 0 Å². The summed E-state index contributed by atoms with van der Waals surface area (Å²) in [4.78, 5) is 23.5. The number of alkyl halides is 6. The lowest BCUT2D eigenvalue weighted by molar-refractivity contribution is -0.138. The molecule has 0 radical (unpaired) electrons. The summed E-state index contributed by atoms with van der Waals surface area (Å²) in [5.74, 6) is -2.06. The van der Waals surface area contributed by atoms with Crippen molar-refractivity contribution >= 4 is 28.5 Å². The third-order valence-electron chi connectivity index (χ3n) is 8.40. The number of H-pyrrole nitrogens is 1. The van der Waals surface area contributed by atoms with Crippen LogP contribution in [0.2, 0.25) is 0 Å². The number of halogens is 8. The Bertz CT molecular complexity index is 2690. The molecule has 3 heterocycles. The fraction of sp³-hybridized carbons (Fsp3) is 0.154. The molecule has 312 valence electrons. The fourth-order valence-electron chi connectivity index (χ4n) is 5.24. The number of ether oxygens (including phenoxy) is 2. The van der Waals surface area contributed by atoms with E-state index in [4.69, 9.17) is 20.4 Å². The molecule has 0 amide bonds. The van der Waals surface area contributed by atoms with Crippen LogP contribution in [-0.4, -0.2) is 31.2 Å². The lowest BCUT2D eigenvalue weighted by Crippen LogP contribution is -2.15. The molecular formula is C39H28F8N6O5S2. The summed E-state index contributed by atoms with van der Waals surface area (Å²) < 4.78 is 120. The van der Waals surface area contributed by atoms with Gasteiger partial charge in [0, 0.05) is 23.3 Å². The lowest BCUT2D eigenvalue weighted by atomic mass is 10.1. The van der Waals surface area contributed by atoms with Crippen molar-refractivity contribution < 1.29 is 54.3 Å². The number of hydrogen-bond donors (Lipinski definition) is 3. The first-order chi connectivity index (χ1) is 28.4. The zero-order chi connectivity index (χ0) is 43.4. The lowest BCUT2D eigenvalue weighted by Gasteiger charge is -2.07. The minimum atomic E-state index is -4.40. The summed E-state index contributed by atoms with van der Waals surface area (Å²) in [6, 6.07) is 17.5. The molecule has 3 aromatic heterocycles. The maximum absolute atomic E-state index is 14.3. The van der Waals surface area contributed by atoms with Crippen LogP contribution in [0.1, 0.15) is 37.8 Å². The van der Waals surface area contributed by atoms with Crippen molar-refractivity contribution in [3.63, 3.8) is 0 Å². The molecule has 7 aromatic rings. The van der Waals surface area contributed by atoms with E-state index in [0.29, 0.717) is 32.5 Å². The van der Waals surface area contributed by atoms with E-state index in [0.717, 1.165) is 46.2 Å². The van der Waals surface area contributed by atoms with E-state index in [9.17, 15) is 39.9 Å². The zero-order valence-electron chi connectivity index (χ0n) is 30.8. The van der Waals surface area contributed by atoms with Crippen molar-refractivity contribution in [2.75, 3.05) is 0 Å². The first-order valence-corrected chi connectivity index (χ1v) is 18.7. The van der Waals surface area contributed by atoms with Gasteiger partial charge in [0.2, 0.25) is 0 Å². The largest absolute Gasteiger partial charge is 0.488 e. The normalized spacial score (nSPS) is 11.9. The second kappa shape index (κ2) is 17.7. The maximum atomic E-state index is 14.3. The highest BCUT2D eigenvalue weighted by atomic mass is 32.1. The van der Waals surface area contributed by atoms with Crippen LogP contribution >= 0.6 is 22.7 Å². The van der Waals surface area contributed by atoms with E-state index in [1.165, 1.54) is 71.2 Å². The summed E-state index contributed by atoms with van der Waals surface area (Å²) in [7, 11) is 0. The summed E-state index contributed by atoms with van der Waals surface area (Å²) in [6.45, 7) is 3.72. The number of aromatic amines is 1. The summed E-state index contributed by atoms with van der Waals surface area (Å²) in [5.41, 5.74) is 6.36. The predicted octanol–water partition coefficient (Wildman–Crippen LogP) is 10.1. The molecule has 0 saturated carbocycles. The Morgan fingerprint density at radius 2 is 1.22 bits per heavy atom. The van der Waals surface area contributed by atoms with Crippen molar-refractivity contribution in [3.05, 3.63) is 145 Å². The van der Waals surface area contributed by atoms with Crippen LogP contribution in [0.5, 0.6) is 11.5 Å². The Labute approximate surface area is 341 Å². The molecule has 0 bridgehead atoms. The standard InChI is InChI=1S/C20H13F4N3O3S.C19H15F4N3O2S/c1-10-16(31-18(25-10)11-2-4-12(5-3-11)20(22,23)24)9-29-13-6-7-14(15(21)8-13)17-26-19(28)30-27-17;1-10-16(9-28-13-6-7-14(15(20)8-13)17(24)26-27)29-18(25-10)11-2-4-12(5-3-11)19(21,22)23/h2-8H,9H2,1H3,(H,26,27,28);2-8,27H,9H2,1H3,(H2,24,26). The summed E-state index contributed by atoms with van der Waals surface area (Å²) in [6.07, 6.45) is -8.79. The molecule has 0 aliphatic heterocycles. The molecule has 60 heavy (non-hydrogen) atoms. The van der Waals surface area contributed by atoms with Gasteiger partial charge in [-0.3, -0.25) is 9.51 Å². The number of rotatable bonds is 10. The molecule has 4 N–H and O–H groups in total. The van der Waals surface area contributed by atoms with Crippen LogP contribution in [0.3, 0.4) is 0 Å². The molecule has 7 rings (SSSR count). The van der Waals surface area contributed by atoms with Crippen molar-refractivity contribution in [1.82, 2.24) is 20.1 Å². The highest BCUT2D eigenvalue weighted by Gasteiger charge is 2.31. The molecule has 4 aromatic carbocycles. The third-order valence-corrected chi connectivity index (χ3v) is 10.8. The van der Waals surface area contributed by atoms with Crippen LogP contribution in [0.15, 0.2) is 99.4 Å². The van der Waals surface area contributed by atoms with Gasteiger partial charge >= 0.3 is 18.1 Å². The van der Waals surface area contributed by atoms with Gasteiger partial charge in [0.1, 0.15) is 46.4 Å². The first kappa shape index (κ1) is 43.0. The molecule has 0 atom stereocenters. The highest BCUT2D eigenvalue weighted by Crippen LogP contribution is 2.35. The minimum absolute atomic E-state index is 0.0338. The average Bonchev–Trinajstić information content (AvgIpc) is 3.93. The zero-order valence-corrected chi connectivity index (χ0v) is 32.4. The third kappa shape index (κ3) is 10.3. The van der Waals surface area contributed by atoms with Gasteiger partial charge in [0.05, 0.1) is 43.4 Å². The van der Waals surface area contributed by atoms with Gasteiger partial charge in [0.25, 0.3) is 0 Å². The van der Waals surface area contributed by atoms with Crippen LogP contribution in [0.25, 0.3) is 32.5 Å². The van der Waals surface area contributed by atoms with Gasteiger partial charge in [-0.2, -0.15) is 26.3 Å². The second-order valence-corrected chi connectivity index (χ2v) is 14.7. The van der Waals surface area contributed by atoms with Gasteiger partial charge in [-0.25, -0.2) is 23.5 Å². The van der Waals surface area contributed by atoms with E-state index in [1.807, 2.05) is 0 Å². The number of oxime groups is 1. The van der Waals surface area contributed by atoms with Crippen molar-refractivity contribution in [1.29, 1.82) is 0 Å². The quantitative estimate of drug-likeness (QED) is 0.0399. The van der Waals surface area contributed by atoms with Crippen LogP contribution in [0, 0.1) is 25.5 Å². The number of hydrogen-bond acceptors (Lipinski definition) is 11. The van der Waals surface area contributed by atoms with Crippen LogP contribution < -0.4 is 21.0 Å². The Morgan fingerprint density at radius 3 is 1.62 bits per heavy atom. The Morgan fingerprint density at radius 1 is 0.750 bits per heavy atom. The first-order valence-electron chi connectivity index (χ1n) is 17.1. The van der Waals surface area contributed by atoms with Crippen molar-refractivity contribution in [2.45, 2.75) is 39.4 Å². The Balaban J connectivity index is 0.000000202.